The first-order valence-corrected chi connectivity index (χ1v) is 14.8. The molecule has 0 radical (unpaired) electrons. The van der Waals surface area contributed by atoms with Crippen LogP contribution in [-0.4, -0.2) is 41.2 Å². The Kier molecular flexibility index (Phi) is 7.31. The van der Waals surface area contributed by atoms with Crippen molar-refractivity contribution in [1.29, 1.82) is 0 Å². The van der Waals surface area contributed by atoms with E-state index in [0.717, 1.165) is 40.6 Å². The molecule has 37 heavy (non-hydrogen) atoms. The first kappa shape index (κ1) is 25.8. The fourth-order valence-corrected chi connectivity index (χ4v) is 7.76. The standard InChI is InChI=1S/C27H27ClN4O3S2/c1-18-15-22(28)16-24-25(18)30-27(36-24)31(17-20-10-12-29-13-11-20)26(33)21-6-8-23(9-7-21)37(34,35)32-14-4-3-5-19(32)2/h6-13,15-16,19H,3-5,14,17H2,1-2H3. The third kappa shape index (κ3) is 5.27. The van der Waals surface area contributed by atoms with Gasteiger partial charge in [0.05, 0.1) is 21.7 Å². The van der Waals surface area contributed by atoms with Crippen LogP contribution >= 0.6 is 22.9 Å². The lowest BCUT2D eigenvalue weighted by atomic mass is 10.1. The summed E-state index contributed by atoms with van der Waals surface area (Å²) >= 11 is 7.65. The molecule has 5 rings (SSSR count). The summed E-state index contributed by atoms with van der Waals surface area (Å²) in [4.78, 5) is 24.4. The highest BCUT2D eigenvalue weighted by Crippen LogP contribution is 2.34. The largest absolute Gasteiger partial charge is 0.279 e. The van der Waals surface area contributed by atoms with Gasteiger partial charge in [0.2, 0.25) is 10.0 Å². The average molecular weight is 555 g/mol. The molecule has 10 heteroatoms. The lowest BCUT2D eigenvalue weighted by Gasteiger charge is -2.32. The van der Waals surface area contributed by atoms with E-state index in [1.807, 2.05) is 38.1 Å². The molecular formula is C27H27ClN4O3S2. The van der Waals surface area contributed by atoms with Crippen LogP contribution in [-0.2, 0) is 16.6 Å². The first-order valence-electron chi connectivity index (χ1n) is 12.1. The van der Waals surface area contributed by atoms with Crippen molar-refractivity contribution in [2.75, 3.05) is 11.4 Å². The highest BCUT2D eigenvalue weighted by atomic mass is 35.5. The Labute approximate surface area is 225 Å². The molecule has 1 unspecified atom stereocenters. The number of benzene rings is 2. The van der Waals surface area contributed by atoms with Gasteiger partial charge in [0.1, 0.15) is 0 Å². The van der Waals surface area contributed by atoms with Crippen LogP contribution < -0.4 is 4.90 Å². The Morgan fingerprint density at radius 2 is 1.86 bits per heavy atom. The van der Waals surface area contributed by atoms with E-state index in [9.17, 15) is 13.2 Å². The maximum atomic E-state index is 13.8. The normalized spacial score (nSPS) is 16.7. The highest BCUT2D eigenvalue weighted by Gasteiger charge is 2.31. The molecule has 1 amide bonds. The SMILES string of the molecule is Cc1cc(Cl)cc2sc(N(Cc3ccncc3)C(=O)c3ccc(S(=O)(=O)N4CCCCC4C)cc3)nc12. The summed E-state index contributed by atoms with van der Waals surface area (Å²) in [5.74, 6) is -0.269. The zero-order valence-corrected chi connectivity index (χ0v) is 23.0. The van der Waals surface area contributed by atoms with Gasteiger partial charge in [-0.2, -0.15) is 4.31 Å². The zero-order valence-electron chi connectivity index (χ0n) is 20.6. The van der Waals surface area contributed by atoms with Gasteiger partial charge in [-0.25, -0.2) is 13.4 Å². The number of amides is 1. The summed E-state index contributed by atoms with van der Waals surface area (Å²) in [5, 5.41) is 1.16. The van der Waals surface area contributed by atoms with Gasteiger partial charge in [-0.05, 0) is 86.3 Å². The first-order chi connectivity index (χ1) is 17.7. The number of nitrogens with zero attached hydrogens (tertiary/aromatic N) is 4. The monoisotopic (exact) mass is 554 g/mol. The number of thiazole rings is 1. The van der Waals surface area contributed by atoms with Gasteiger partial charge in [-0.1, -0.05) is 29.4 Å². The van der Waals surface area contributed by atoms with E-state index in [0.29, 0.717) is 28.8 Å². The molecule has 0 N–H and O–H groups in total. The third-order valence-corrected chi connectivity index (χ3v) is 9.93. The zero-order chi connectivity index (χ0) is 26.2. The fourth-order valence-electron chi connectivity index (χ4n) is 4.64. The topological polar surface area (TPSA) is 83.5 Å². The summed E-state index contributed by atoms with van der Waals surface area (Å²) in [7, 11) is -3.62. The summed E-state index contributed by atoms with van der Waals surface area (Å²) < 4.78 is 28.9. The van der Waals surface area contributed by atoms with Crippen LogP contribution in [0.25, 0.3) is 10.2 Å². The number of hydrogen-bond donors (Lipinski definition) is 0. The molecule has 192 valence electrons. The van der Waals surface area contributed by atoms with Gasteiger partial charge in [-0.15, -0.1) is 0 Å². The van der Waals surface area contributed by atoms with E-state index in [-0.39, 0.29) is 16.8 Å². The van der Waals surface area contributed by atoms with Crippen LogP contribution in [0, 0.1) is 6.92 Å². The maximum absolute atomic E-state index is 13.8. The molecule has 0 aliphatic carbocycles. The van der Waals surface area contributed by atoms with E-state index < -0.39 is 10.0 Å². The molecule has 2 aromatic heterocycles. The molecule has 1 atom stereocenters. The second-order valence-electron chi connectivity index (χ2n) is 9.30. The van der Waals surface area contributed by atoms with Crippen LogP contribution in [0.15, 0.2) is 65.8 Å². The van der Waals surface area contributed by atoms with Crippen LogP contribution in [0.5, 0.6) is 0 Å². The predicted molar refractivity (Wildman–Crippen MR) is 148 cm³/mol. The Hall–Kier alpha value is -2.85. The van der Waals surface area contributed by atoms with Gasteiger partial charge in [0.25, 0.3) is 5.91 Å². The molecule has 0 spiro atoms. The number of hydrogen-bond acceptors (Lipinski definition) is 6. The minimum Gasteiger partial charge on any atom is -0.279 e. The number of piperidine rings is 1. The number of pyridine rings is 1. The molecule has 4 aromatic rings. The number of aromatic nitrogens is 2. The second-order valence-corrected chi connectivity index (χ2v) is 12.6. The lowest BCUT2D eigenvalue weighted by molar-refractivity contribution is 0.0985. The number of anilines is 1. The highest BCUT2D eigenvalue weighted by molar-refractivity contribution is 7.89. The van der Waals surface area contributed by atoms with Crippen molar-refractivity contribution in [1.82, 2.24) is 14.3 Å². The number of carbonyl (C=O) groups is 1. The molecule has 3 heterocycles. The minimum atomic E-state index is -3.62. The fraction of sp³-hybridized carbons (Fsp3) is 0.296. The van der Waals surface area contributed by atoms with Gasteiger partial charge >= 0.3 is 0 Å². The van der Waals surface area contributed by atoms with E-state index in [1.54, 1.807) is 33.7 Å². The van der Waals surface area contributed by atoms with Crippen molar-refractivity contribution >= 4 is 54.2 Å². The molecule has 1 fully saturated rings. The quantitative estimate of drug-likeness (QED) is 0.289. The number of sulfonamides is 1. The Balaban J connectivity index is 1.49. The molecule has 0 saturated carbocycles. The third-order valence-electron chi connectivity index (χ3n) is 6.65. The van der Waals surface area contributed by atoms with Crippen molar-refractivity contribution in [2.24, 2.45) is 0 Å². The summed E-state index contributed by atoms with van der Waals surface area (Å²) in [6.45, 7) is 4.69. The number of halogens is 1. The molecule has 1 saturated heterocycles. The summed E-state index contributed by atoms with van der Waals surface area (Å²) in [5.41, 5.74) is 3.01. The predicted octanol–water partition coefficient (Wildman–Crippen LogP) is 6.06. The van der Waals surface area contributed by atoms with Crippen molar-refractivity contribution in [2.45, 2.75) is 50.6 Å². The molecule has 7 nitrogen and oxygen atoms in total. The molecule has 1 aliphatic rings. The Morgan fingerprint density at radius 3 is 2.57 bits per heavy atom. The van der Waals surface area contributed by atoms with Crippen molar-refractivity contribution in [3.63, 3.8) is 0 Å². The number of rotatable bonds is 6. The van der Waals surface area contributed by atoms with Crippen molar-refractivity contribution < 1.29 is 13.2 Å². The van der Waals surface area contributed by atoms with Crippen LogP contribution in [0.3, 0.4) is 0 Å². The van der Waals surface area contributed by atoms with E-state index in [1.165, 1.54) is 23.5 Å². The Bertz CT molecular complexity index is 1540. The van der Waals surface area contributed by atoms with Crippen LogP contribution in [0.2, 0.25) is 5.02 Å². The van der Waals surface area contributed by atoms with Gasteiger partial charge in [-0.3, -0.25) is 14.7 Å². The number of aryl methyl sites for hydroxylation is 1. The lowest BCUT2D eigenvalue weighted by Crippen LogP contribution is -2.41. The van der Waals surface area contributed by atoms with E-state index >= 15 is 0 Å². The molecule has 0 bridgehead atoms. The van der Waals surface area contributed by atoms with Gasteiger partial charge < -0.3 is 0 Å². The average Bonchev–Trinajstić information content (AvgIpc) is 3.32. The number of carbonyl (C=O) groups excluding carboxylic acids is 1. The van der Waals surface area contributed by atoms with Crippen LogP contribution in [0.1, 0.15) is 47.7 Å². The van der Waals surface area contributed by atoms with E-state index in [2.05, 4.69) is 4.98 Å². The Morgan fingerprint density at radius 1 is 1.14 bits per heavy atom. The van der Waals surface area contributed by atoms with Crippen LogP contribution in [0.4, 0.5) is 5.13 Å². The molecule has 2 aromatic carbocycles. The molecular weight excluding hydrogens is 528 g/mol. The minimum absolute atomic E-state index is 0.0353. The van der Waals surface area contributed by atoms with E-state index in [4.69, 9.17) is 16.6 Å². The summed E-state index contributed by atoms with van der Waals surface area (Å²) in [6.07, 6.45) is 6.11. The van der Waals surface area contributed by atoms with Gasteiger partial charge in [0.15, 0.2) is 5.13 Å². The number of fused-ring (bicyclic) bond motifs is 1. The second kappa shape index (κ2) is 10.5. The molecule has 1 aliphatic heterocycles. The van der Waals surface area contributed by atoms with Crippen molar-refractivity contribution in [3.8, 4) is 0 Å². The van der Waals surface area contributed by atoms with Gasteiger partial charge in [0, 0.05) is 35.6 Å². The maximum Gasteiger partial charge on any atom is 0.260 e. The van der Waals surface area contributed by atoms with Crippen molar-refractivity contribution in [3.05, 3.63) is 82.6 Å². The summed E-state index contributed by atoms with van der Waals surface area (Å²) in [6, 6.07) is 13.6. The smallest absolute Gasteiger partial charge is 0.260 e.